The number of sulfonamides is 1. The van der Waals surface area contributed by atoms with Crippen LogP contribution in [0.5, 0.6) is 0 Å². The number of para-hydroxylation sites is 1. The van der Waals surface area contributed by atoms with Crippen molar-refractivity contribution in [2.45, 2.75) is 4.90 Å². The van der Waals surface area contributed by atoms with Crippen molar-refractivity contribution < 1.29 is 13.2 Å². The Morgan fingerprint density at radius 3 is 2.20 bits per heavy atom. The van der Waals surface area contributed by atoms with Gasteiger partial charge in [0.15, 0.2) is 0 Å². The van der Waals surface area contributed by atoms with Crippen LogP contribution in [0.15, 0.2) is 59.5 Å². The summed E-state index contributed by atoms with van der Waals surface area (Å²) < 4.78 is 26.7. The number of nitrogens with zero attached hydrogens (tertiary/aromatic N) is 2. The maximum atomic E-state index is 12.8. The van der Waals surface area contributed by atoms with Gasteiger partial charge in [0, 0.05) is 20.1 Å². The first kappa shape index (κ1) is 19.0. The van der Waals surface area contributed by atoms with Crippen LogP contribution in [0.2, 0.25) is 0 Å². The zero-order valence-corrected chi connectivity index (χ0v) is 15.5. The molecule has 7 heteroatoms. The molecule has 0 saturated heterocycles. The molecule has 0 radical (unpaired) electrons. The van der Waals surface area contributed by atoms with E-state index in [2.05, 4.69) is 5.32 Å². The van der Waals surface area contributed by atoms with Crippen LogP contribution in [-0.4, -0.2) is 53.5 Å². The second-order valence-corrected chi connectivity index (χ2v) is 7.83. The lowest BCUT2D eigenvalue weighted by molar-refractivity contribution is 0.0951. The Hall–Kier alpha value is -2.38. The summed E-state index contributed by atoms with van der Waals surface area (Å²) in [5.41, 5.74) is 0.664. The molecule has 6 nitrogen and oxygen atoms in total. The molecule has 0 spiro atoms. The lowest BCUT2D eigenvalue weighted by Crippen LogP contribution is -2.33. The molecule has 2 rings (SSSR count). The molecular weight excluding hydrogens is 338 g/mol. The molecule has 2 aromatic rings. The van der Waals surface area contributed by atoms with Gasteiger partial charge in [0.1, 0.15) is 0 Å². The van der Waals surface area contributed by atoms with E-state index in [1.807, 2.05) is 19.0 Å². The van der Waals surface area contributed by atoms with E-state index in [1.54, 1.807) is 42.5 Å². The van der Waals surface area contributed by atoms with Gasteiger partial charge in [0.05, 0.1) is 16.1 Å². The number of nitrogens with one attached hydrogen (secondary N) is 1. The molecule has 0 aliphatic carbocycles. The first-order valence-electron chi connectivity index (χ1n) is 7.90. The van der Waals surface area contributed by atoms with Crippen LogP contribution in [0.4, 0.5) is 5.69 Å². The maximum absolute atomic E-state index is 12.8. The number of anilines is 1. The molecule has 0 unspecified atom stereocenters. The summed E-state index contributed by atoms with van der Waals surface area (Å²) in [7, 11) is 1.55. The second-order valence-electron chi connectivity index (χ2n) is 5.86. The highest BCUT2D eigenvalue weighted by Crippen LogP contribution is 2.25. The van der Waals surface area contributed by atoms with E-state index in [9.17, 15) is 13.2 Å². The third-order valence-corrected chi connectivity index (χ3v) is 5.52. The number of benzene rings is 2. The highest BCUT2D eigenvalue weighted by Gasteiger charge is 2.24. The molecule has 0 bridgehead atoms. The minimum Gasteiger partial charge on any atom is -0.351 e. The molecule has 0 atom stereocenters. The molecule has 0 saturated carbocycles. The van der Waals surface area contributed by atoms with E-state index in [0.29, 0.717) is 24.3 Å². The van der Waals surface area contributed by atoms with Crippen molar-refractivity contribution in [3.05, 3.63) is 60.2 Å². The molecule has 0 heterocycles. The topological polar surface area (TPSA) is 69.7 Å². The fourth-order valence-corrected chi connectivity index (χ4v) is 3.54. The lowest BCUT2D eigenvalue weighted by atomic mass is 10.1. The van der Waals surface area contributed by atoms with Crippen molar-refractivity contribution >= 4 is 21.6 Å². The van der Waals surface area contributed by atoms with Crippen molar-refractivity contribution in [1.82, 2.24) is 10.2 Å². The zero-order chi connectivity index (χ0) is 18.4. The smallest absolute Gasteiger partial charge is 0.264 e. The van der Waals surface area contributed by atoms with Crippen LogP contribution in [0.3, 0.4) is 0 Å². The summed E-state index contributed by atoms with van der Waals surface area (Å²) in [5.74, 6) is -0.299. The standard InChI is InChI=1S/C18H23N3O3S/c1-20(2)14-13-19-18(22)16-11-7-8-12-17(16)21(3)25(23,24)15-9-5-4-6-10-15/h4-12H,13-14H2,1-3H3,(H,19,22). The Morgan fingerprint density at radius 2 is 1.56 bits per heavy atom. The number of rotatable bonds is 7. The average molecular weight is 361 g/mol. The second kappa shape index (κ2) is 8.13. The van der Waals surface area contributed by atoms with Gasteiger partial charge in [-0.05, 0) is 38.4 Å². The van der Waals surface area contributed by atoms with Crippen molar-refractivity contribution in [3.63, 3.8) is 0 Å². The van der Waals surface area contributed by atoms with Crippen LogP contribution in [0.25, 0.3) is 0 Å². The fourth-order valence-electron chi connectivity index (χ4n) is 2.31. The minimum atomic E-state index is -3.74. The Labute approximate surface area is 149 Å². The Balaban J connectivity index is 2.29. The van der Waals surface area contributed by atoms with E-state index in [0.717, 1.165) is 4.31 Å². The van der Waals surface area contributed by atoms with Crippen LogP contribution in [-0.2, 0) is 10.0 Å². The van der Waals surface area contributed by atoms with E-state index in [-0.39, 0.29) is 10.8 Å². The molecule has 1 amide bonds. The van der Waals surface area contributed by atoms with Gasteiger partial charge in [-0.25, -0.2) is 8.42 Å². The maximum Gasteiger partial charge on any atom is 0.264 e. The van der Waals surface area contributed by atoms with Gasteiger partial charge in [0.2, 0.25) is 0 Å². The van der Waals surface area contributed by atoms with Gasteiger partial charge in [-0.3, -0.25) is 9.10 Å². The predicted molar refractivity (Wildman–Crippen MR) is 99.4 cm³/mol. The summed E-state index contributed by atoms with van der Waals surface area (Å²) in [5, 5.41) is 2.81. The third kappa shape index (κ3) is 4.58. The summed E-state index contributed by atoms with van der Waals surface area (Å²) in [6, 6.07) is 14.8. The molecule has 134 valence electrons. The van der Waals surface area contributed by atoms with Gasteiger partial charge in [0.25, 0.3) is 15.9 Å². The van der Waals surface area contributed by atoms with Crippen LogP contribution < -0.4 is 9.62 Å². The van der Waals surface area contributed by atoms with Crippen molar-refractivity contribution in [3.8, 4) is 0 Å². The Kier molecular flexibility index (Phi) is 6.17. The molecule has 0 aliphatic heterocycles. The van der Waals surface area contributed by atoms with E-state index in [1.165, 1.54) is 19.2 Å². The van der Waals surface area contributed by atoms with Crippen LogP contribution >= 0.6 is 0 Å². The molecule has 25 heavy (non-hydrogen) atoms. The molecule has 1 N–H and O–H groups in total. The zero-order valence-electron chi connectivity index (χ0n) is 14.6. The van der Waals surface area contributed by atoms with E-state index < -0.39 is 10.0 Å². The average Bonchev–Trinajstić information content (AvgIpc) is 2.61. The highest BCUT2D eigenvalue weighted by molar-refractivity contribution is 7.92. The van der Waals surface area contributed by atoms with Crippen molar-refractivity contribution in [2.24, 2.45) is 0 Å². The van der Waals surface area contributed by atoms with Crippen LogP contribution in [0, 0.1) is 0 Å². The number of carbonyl (C=O) groups is 1. The number of hydrogen-bond donors (Lipinski definition) is 1. The minimum absolute atomic E-state index is 0.181. The van der Waals surface area contributed by atoms with E-state index >= 15 is 0 Å². The Morgan fingerprint density at radius 1 is 0.960 bits per heavy atom. The van der Waals surface area contributed by atoms with Gasteiger partial charge in [-0.2, -0.15) is 0 Å². The summed E-state index contributed by atoms with van der Waals surface area (Å²) in [4.78, 5) is 14.6. The fraction of sp³-hybridized carbons (Fsp3) is 0.278. The summed E-state index contributed by atoms with van der Waals surface area (Å²) in [6.45, 7) is 1.18. The monoisotopic (exact) mass is 361 g/mol. The molecule has 0 aromatic heterocycles. The molecule has 0 aliphatic rings. The predicted octanol–water partition coefficient (Wildman–Crippen LogP) is 1.80. The van der Waals surface area contributed by atoms with Gasteiger partial charge < -0.3 is 10.2 Å². The van der Waals surface area contributed by atoms with Crippen LogP contribution in [0.1, 0.15) is 10.4 Å². The lowest BCUT2D eigenvalue weighted by Gasteiger charge is -2.22. The van der Waals surface area contributed by atoms with E-state index in [4.69, 9.17) is 0 Å². The number of carbonyl (C=O) groups excluding carboxylic acids is 1. The van der Waals surface area contributed by atoms with Gasteiger partial charge >= 0.3 is 0 Å². The summed E-state index contributed by atoms with van der Waals surface area (Å²) in [6.07, 6.45) is 0. The molecule has 0 fully saturated rings. The number of hydrogen-bond acceptors (Lipinski definition) is 4. The van der Waals surface area contributed by atoms with Crippen molar-refractivity contribution in [2.75, 3.05) is 38.5 Å². The SMILES string of the molecule is CN(C)CCNC(=O)c1ccccc1N(C)S(=O)(=O)c1ccccc1. The summed E-state index contributed by atoms with van der Waals surface area (Å²) >= 11 is 0. The Bertz CT molecular complexity index is 820. The number of likely N-dealkylation sites (N-methyl/N-ethyl adjacent to an activating group) is 1. The number of amides is 1. The van der Waals surface area contributed by atoms with Crippen molar-refractivity contribution in [1.29, 1.82) is 0 Å². The largest absolute Gasteiger partial charge is 0.351 e. The quantitative estimate of drug-likeness (QED) is 0.816. The molecule has 2 aromatic carbocycles. The normalized spacial score (nSPS) is 11.4. The first-order valence-corrected chi connectivity index (χ1v) is 9.34. The molecular formula is C18H23N3O3S. The third-order valence-electron chi connectivity index (χ3n) is 3.73. The van der Waals surface area contributed by atoms with Gasteiger partial charge in [-0.15, -0.1) is 0 Å². The first-order chi connectivity index (χ1) is 11.8. The highest BCUT2D eigenvalue weighted by atomic mass is 32.2. The van der Waals surface area contributed by atoms with Gasteiger partial charge in [-0.1, -0.05) is 30.3 Å².